The monoisotopic (exact) mass is 372 g/mol. The zero-order valence-electron chi connectivity index (χ0n) is 13.7. The average Bonchev–Trinajstić information content (AvgIpc) is 3.44. The number of furan rings is 3. The highest BCUT2D eigenvalue weighted by atomic mass is 16.6. The van der Waals surface area contributed by atoms with Crippen LogP contribution < -0.4 is 0 Å². The summed E-state index contributed by atoms with van der Waals surface area (Å²) < 4.78 is 25.2. The van der Waals surface area contributed by atoms with Gasteiger partial charge in [0.05, 0.1) is 0 Å². The van der Waals surface area contributed by atoms with Gasteiger partial charge in [0, 0.05) is 0 Å². The van der Waals surface area contributed by atoms with Gasteiger partial charge < -0.3 is 22.7 Å². The third-order valence-electron chi connectivity index (χ3n) is 3.30. The second-order valence-electron chi connectivity index (χ2n) is 5.16. The number of hydrogen-bond acceptors (Lipinski definition) is 9. The van der Waals surface area contributed by atoms with Crippen LogP contribution in [-0.4, -0.2) is 24.5 Å². The van der Waals surface area contributed by atoms with Crippen molar-refractivity contribution in [2.45, 2.75) is 13.2 Å². The fraction of sp³-hybridized carbons (Fsp3) is 0.111. The van der Waals surface area contributed by atoms with Gasteiger partial charge in [-0.25, -0.2) is 9.59 Å². The van der Waals surface area contributed by atoms with Crippen molar-refractivity contribution in [3.05, 3.63) is 71.0 Å². The predicted molar refractivity (Wildman–Crippen MR) is 85.1 cm³/mol. The first-order chi connectivity index (χ1) is 13.1. The number of hydrogen-bond donors (Lipinski definition) is 0. The van der Waals surface area contributed by atoms with E-state index in [1.54, 1.807) is 0 Å². The van der Waals surface area contributed by atoms with E-state index in [0.717, 1.165) is 0 Å². The fourth-order valence-electron chi connectivity index (χ4n) is 2.04. The molecule has 3 rings (SSSR count). The highest BCUT2D eigenvalue weighted by Gasteiger charge is 2.19. The molecule has 0 spiro atoms. The van der Waals surface area contributed by atoms with Crippen molar-refractivity contribution in [2.24, 2.45) is 0 Å². The fourth-order valence-corrected chi connectivity index (χ4v) is 2.04. The zero-order chi connectivity index (χ0) is 19.2. The maximum atomic E-state index is 11.9. The molecule has 0 aliphatic carbocycles. The molecule has 0 saturated carbocycles. The van der Waals surface area contributed by atoms with Crippen LogP contribution in [0.25, 0.3) is 0 Å². The molecule has 3 heterocycles. The van der Waals surface area contributed by atoms with E-state index in [1.165, 1.54) is 36.4 Å². The molecule has 0 atom stereocenters. The molecular formula is C18H12O9. The van der Waals surface area contributed by atoms with Crippen LogP contribution in [0.2, 0.25) is 0 Å². The van der Waals surface area contributed by atoms with E-state index >= 15 is 0 Å². The van der Waals surface area contributed by atoms with Crippen molar-refractivity contribution in [3.63, 3.8) is 0 Å². The van der Waals surface area contributed by atoms with Crippen molar-refractivity contribution < 1.29 is 41.9 Å². The molecule has 9 heteroatoms. The number of carbonyl (C=O) groups excluding carboxylic acids is 4. The van der Waals surface area contributed by atoms with Gasteiger partial charge >= 0.3 is 11.9 Å². The minimum Gasteiger partial charge on any atom is -0.455 e. The Morgan fingerprint density at radius 3 is 1.52 bits per heavy atom. The second-order valence-corrected chi connectivity index (χ2v) is 5.16. The average molecular weight is 372 g/mol. The largest absolute Gasteiger partial charge is 0.455 e. The Hall–Kier alpha value is -3.88. The SMILES string of the molecule is O=Cc1ccc(COC(=O)c2ccc(C(=O)OCc3ccc(C=O)o3)o2)o1. The Kier molecular flexibility index (Phi) is 5.31. The van der Waals surface area contributed by atoms with Crippen LogP contribution in [0.1, 0.15) is 53.7 Å². The van der Waals surface area contributed by atoms with E-state index in [-0.39, 0.29) is 47.8 Å². The molecule has 9 nitrogen and oxygen atoms in total. The van der Waals surface area contributed by atoms with Crippen molar-refractivity contribution in [1.29, 1.82) is 0 Å². The van der Waals surface area contributed by atoms with E-state index in [4.69, 9.17) is 22.7 Å². The van der Waals surface area contributed by atoms with Gasteiger partial charge in [0.25, 0.3) is 0 Å². The molecule has 0 amide bonds. The summed E-state index contributed by atoms with van der Waals surface area (Å²) in [4.78, 5) is 44.9. The maximum absolute atomic E-state index is 11.9. The number of ether oxygens (including phenoxy) is 2. The number of aldehydes is 2. The number of esters is 2. The van der Waals surface area contributed by atoms with E-state index in [2.05, 4.69) is 0 Å². The van der Waals surface area contributed by atoms with Gasteiger partial charge in [-0.1, -0.05) is 0 Å². The van der Waals surface area contributed by atoms with Crippen molar-refractivity contribution >= 4 is 24.5 Å². The topological polar surface area (TPSA) is 126 Å². The lowest BCUT2D eigenvalue weighted by atomic mass is 10.4. The molecule has 0 unspecified atom stereocenters. The van der Waals surface area contributed by atoms with Gasteiger partial charge in [0.2, 0.25) is 11.5 Å². The van der Waals surface area contributed by atoms with E-state index in [1.807, 2.05) is 0 Å². The predicted octanol–water partition coefficient (Wildman–Crippen LogP) is 2.80. The van der Waals surface area contributed by atoms with Gasteiger partial charge in [-0.3, -0.25) is 9.59 Å². The molecule has 3 aromatic rings. The van der Waals surface area contributed by atoms with Crippen LogP contribution in [-0.2, 0) is 22.7 Å². The summed E-state index contributed by atoms with van der Waals surface area (Å²) in [6.07, 6.45) is 1.05. The molecule has 0 aromatic carbocycles. The summed E-state index contributed by atoms with van der Waals surface area (Å²) in [7, 11) is 0. The Bertz CT molecular complexity index is 896. The lowest BCUT2D eigenvalue weighted by molar-refractivity contribution is 0.0372. The van der Waals surface area contributed by atoms with Crippen molar-refractivity contribution in [2.75, 3.05) is 0 Å². The van der Waals surface area contributed by atoms with E-state index < -0.39 is 11.9 Å². The standard InChI is InChI=1S/C18H12O9/c19-7-11-1-3-13(25-11)9-23-17(21)15-5-6-16(27-15)18(22)24-10-14-4-2-12(8-20)26-14/h1-8H,9-10H2. The van der Waals surface area contributed by atoms with E-state index in [0.29, 0.717) is 12.6 Å². The molecule has 0 saturated heterocycles. The van der Waals surface area contributed by atoms with Crippen LogP contribution in [0.5, 0.6) is 0 Å². The zero-order valence-corrected chi connectivity index (χ0v) is 13.7. The lowest BCUT2D eigenvalue weighted by Gasteiger charge is -2.01. The highest BCUT2D eigenvalue weighted by Crippen LogP contribution is 2.14. The summed E-state index contributed by atoms with van der Waals surface area (Å²) in [5.41, 5.74) is 0. The van der Waals surface area contributed by atoms with Crippen LogP contribution in [0.15, 0.2) is 49.6 Å². The van der Waals surface area contributed by atoms with Crippen LogP contribution in [0.4, 0.5) is 0 Å². The Balaban J connectivity index is 1.53. The first kappa shape index (κ1) is 17.9. The van der Waals surface area contributed by atoms with Crippen LogP contribution in [0.3, 0.4) is 0 Å². The quantitative estimate of drug-likeness (QED) is 0.433. The van der Waals surface area contributed by atoms with Gasteiger partial charge in [0.1, 0.15) is 24.7 Å². The molecule has 0 fully saturated rings. The molecule has 3 aromatic heterocycles. The summed E-state index contributed by atoms with van der Waals surface area (Å²) in [5, 5.41) is 0. The Morgan fingerprint density at radius 2 is 1.15 bits per heavy atom. The first-order valence-electron chi connectivity index (χ1n) is 7.61. The highest BCUT2D eigenvalue weighted by molar-refractivity contribution is 5.90. The molecular weight excluding hydrogens is 360 g/mol. The van der Waals surface area contributed by atoms with E-state index in [9.17, 15) is 19.2 Å². The number of rotatable bonds is 8. The molecule has 0 aliphatic rings. The minimum atomic E-state index is -0.820. The third-order valence-corrected chi connectivity index (χ3v) is 3.30. The molecule has 0 radical (unpaired) electrons. The summed E-state index contributed by atoms with van der Waals surface area (Å²) in [5.74, 6) is -1.26. The van der Waals surface area contributed by atoms with Crippen molar-refractivity contribution in [3.8, 4) is 0 Å². The molecule has 0 bridgehead atoms. The second kappa shape index (κ2) is 8.00. The first-order valence-corrected chi connectivity index (χ1v) is 7.61. The van der Waals surface area contributed by atoms with Gasteiger partial charge in [-0.2, -0.15) is 0 Å². The Labute approximate surface area is 151 Å². The third kappa shape index (κ3) is 4.40. The summed E-state index contributed by atoms with van der Waals surface area (Å²) in [6.45, 7) is -0.407. The summed E-state index contributed by atoms with van der Waals surface area (Å²) >= 11 is 0. The van der Waals surface area contributed by atoms with Crippen molar-refractivity contribution in [1.82, 2.24) is 0 Å². The molecule has 138 valence electrons. The molecule has 27 heavy (non-hydrogen) atoms. The summed E-state index contributed by atoms with van der Waals surface area (Å²) in [6, 6.07) is 8.38. The van der Waals surface area contributed by atoms with Gasteiger partial charge in [-0.15, -0.1) is 0 Å². The molecule has 0 N–H and O–H groups in total. The Morgan fingerprint density at radius 1 is 0.704 bits per heavy atom. The normalized spacial score (nSPS) is 10.4. The van der Waals surface area contributed by atoms with Crippen LogP contribution in [0, 0.1) is 0 Å². The minimum absolute atomic E-state index is 0.112. The lowest BCUT2D eigenvalue weighted by Crippen LogP contribution is -2.05. The van der Waals surface area contributed by atoms with Crippen LogP contribution >= 0.6 is 0 Å². The van der Waals surface area contributed by atoms with Gasteiger partial charge in [-0.05, 0) is 36.4 Å². The molecule has 0 aliphatic heterocycles. The maximum Gasteiger partial charge on any atom is 0.374 e. The van der Waals surface area contributed by atoms with Gasteiger partial charge in [0.15, 0.2) is 24.1 Å². The number of carbonyl (C=O) groups is 4. The smallest absolute Gasteiger partial charge is 0.374 e.